The minimum atomic E-state index is -0.476. The van der Waals surface area contributed by atoms with E-state index in [1.807, 2.05) is 0 Å². The highest BCUT2D eigenvalue weighted by Gasteiger charge is 2.25. The fourth-order valence-corrected chi connectivity index (χ4v) is 2.53. The molecule has 1 aromatic rings. The van der Waals surface area contributed by atoms with Crippen LogP contribution in [-0.2, 0) is 11.2 Å². The van der Waals surface area contributed by atoms with Gasteiger partial charge in [0.1, 0.15) is 0 Å². The summed E-state index contributed by atoms with van der Waals surface area (Å²) in [5.41, 5.74) is 0.602. The molecule has 0 bridgehead atoms. The lowest BCUT2D eigenvalue weighted by atomic mass is 10.1. The van der Waals surface area contributed by atoms with Crippen molar-refractivity contribution in [2.24, 2.45) is 5.92 Å². The van der Waals surface area contributed by atoms with Gasteiger partial charge in [0.05, 0.1) is 17.4 Å². The second-order valence-electron chi connectivity index (χ2n) is 5.17. The number of rotatable bonds is 5. The van der Waals surface area contributed by atoms with Crippen molar-refractivity contribution in [1.82, 2.24) is 5.32 Å². The number of carbonyl (C=O) groups is 1. The average Bonchev–Trinajstić information content (AvgIpc) is 2.82. The first-order valence-electron chi connectivity index (χ1n) is 6.74. The number of nitrogens with one attached hydrogen (secondary N) is 1. The van der Waals surface area contributed by atoms with E-state index in [0.29, 0.717) is 12.1 Å². The van der Waals surface area contributed by atoms with Crippen LogP contribution in [0.3, 0.4) is 0 Å². The van der Waals surface area contributed by atoms with E-state index in [0.717, 1.165) is 19.3 Å². The molecule has 0 saturated heterocycles. The van der Waals surface area contributed by atoms with Crippen LogP contribution >= 0.6 is 0 Å². The molecule has 1 saturated carbocycles. The topological polar surface area (TPSA) is 92.5 Å². The molecule has 2 unspecified atom stereocenters. The molecule has 2 rings (SSSR count). The van der Waals surface area contributed by atoms with Gasteiger partial charge in [-0.2, -0.15) is 0 Å². The Balaban J connectivity index is 1.85. The summed E-state index contributed by atoms with van der Waals surface area (Å²) in [4.78, 5) is 22.0. The number of nitrogens with zero attached hydrogens (tertiary/aromatic N) is 1. The van der Waals surface area contributed by atoms with E-state index in [9.17, 15) is 20.0 Å². The van der Waals surface area contributed by atoms with Gasteiger partial charge in [-0.05, 0) is 18.4 Å². The van der Waals surface area contributed by atoms with Crippen LogP contribution in [0.25, 0.3) is 0 Å². The zero-order valence-corrected chi connectivity index (χ0v) is 11.1. The van der Waals surface area contributed by atoms with E-state index in [4.69, 9.17) is 0 Å². The monoisotopic (exact) mass is 278 g/mol. The Bertz CT molecular complexity index is 504. The summed E-state index contributed by atoms with van der Waals surface area (Å²) in [6, 6.07) is 6.07. The molecule has 0 heterocycles. The average molecular weight is 278 g/mol. The van der Waals surface area contributed by atoms with Crippen molar-refractivity contribution in [2.45, 2.75) is 31.8 Å². The van der Waals surface area contributed by atoms with Gasteiger partial charge in [0.25, 0.3) is 5.69 Å². The van der Waals surface area contributed by atoms with Crippen LogP contribution < -0.4 is 5.32 Å². The molecule has 6 nitrogen and oxygen atoms in total. The molecule has 0 radical (unpaired) electrons. The van der Waals surface area contributed by atoms with Gasteiger partial charge >= 0.3 is 0 Å². The molecule has 2 N–H and O–H groups in total. The van der Waals surface area contributed by atoms with Gasteiger partial charge in [0, 0.05) is 24.6 Å². The molecule has 6 heteroatoms. The number of nitro groups is 1. The number of aliphatic hydroxyl groups is 1. The van der Waals surface area contributed by atoms with E-state index in [-0.39, 0.29) is 30.0 Å². The van der Waals surface area contributed by atoms with E-state index < -0.39 is 4.92 Å². The molecule has 108 valence electrons. The highest BCUT2D eigenvalue weighted by Crippen LogP contribution is 2.24. The molecule has 1 fully saturated rings. The standard InChI is InChI=1S/C14H18N2O4/c17-13-6-2-4-11(13)9-15-14(18)8-10-3-1-5-12(7-10)16(19)20/h1,3,5,7,11,13,17H,2,4,6,8-9H2,(H,15,18). The van der Waals surface area contributed by atoms with Gasteiger partial charge in [-0.15, -0.1) is 0 Å². The quantitative estimate of drug-likeness (QED) is 0.629. The fourth-order valence-electron chi connectivity index (χ4n) is 2.53. The fraction of sp³-hybridized carbons (Fsp3) is 0.500. The lowest BCUT2D eigenvalue weighted by Gasteiger charge is -2.15. The van der Waals surface area contributed by atoms with Gasteiger partial charge in [0.2, 0.25) is 5.91 Å². The van der Waals surface area contributed by atoms with E-state index in [2.05, 4.69) is 5.32 Å². The number of aliphatic hydroxyl groups excluding tert-OH is 1. The van der Waals surface area contributed by atoms with Crippen LogP contribution in [0.15, 0.2) is 24.3 Å². The molecule has 20 heavy (non-hydrogen) atoms. The number of hydrogen-bond acceptors (Lipinski definition) is 4. The molecule has 0 spiro atoms. The summed E-state index contributed by atoms with van der Waals surface area (Å²) in [6.45, 7) is 0.467. The first kappa shape index (κ1) is 14.5. The third-order valence-corrected chi connectivity index (χ3v) is 3.67. The maximum absolute atomic E-state index is 11.8. The van der Waals surface area contributed by atoms with Crippen LogP contribution in [0.1, 0.15) is 24.8 Å². The molecule has 2 atom stereocenters. The van der Waals surface area contributed by atoms with Crippen molar-refractivity contribution < 1.29 is 14.8 Å². The SMILES string of the molecule is O=C(Cc1cccc([N+](=O)[O-])c1)NCC1CCCC1O. The second-order valence-corrected chi connectivity index (χ2v) is 5.17. The zero-order chi connectivity index (χ0) is 14.5. The van der Waals surface area contributed by atoms with Gasteiger partial charge in [0.15, 0.2) is 0 Å². The molecule has 1 aliphatic rings. The molecular weight excluding hydrogens is 260 g/mol. The Kier molecular flexibility index (Phi) is 4.68. The maximum atomic E-state index is 11.8. The summed E-state index contributed by atoms with van der Waals surface area (Å²) in [5.74, 6) is -0.0475. The third-order valence-electron chi connectivity index (χ3n) is 3.67. The molecule has 0 aromatic heterocycles. The minimum Gasteiger partial charge on any atom is -0.393 e. The number of nitro benzene ring substituents is 1. The largest absolute Gasteiger partial charge is 0.393 e. The third kappa shape index (κ3) is 3.77. The van der Waals surface area contributed by atoms with Crippen molar-refractivity contribution in [3.05, 3.63) is 39.9 Å². The van der Waals surface area contributed by atoms with Gasteiger partial charge in [-0.25, -0.2) is 0 Å². The van der Waals surface area contributed by atoms with E-state index >= 15 is 0 Å². The Labute approximate surface area is 117 Å². The van der Waals surface area contributed by atoms with Crippen LogP contribution in [0, 0.1) is 16.0 Å². The number of hydrogen-bond donors (Lipinski definition) is 2. The van der Waals surface area contributed by atoms with Crippen molar-refractivity contribution in [3.8, 4) is 0 Å². The summed E-state index contributed by atoms with van der Waals surface area (Å²) < 4.78 is 0. The minimum absolute atomic E-state index is 0.0125. The Morgan fingerprint density at radius 2 is 2.25 bits per heavy atom. The van der Waals surface area contributed by atoms with Crippen molar-refractivity contribution >= 4 is 11.6 Å². The second kappa shape index (κ2) is 6.47. The molecule has 0 aliphatic heterocycles. The number of non-ortho nitro benzene ring substituents is 1. The van der Waals surface area contributed by atoms with E-state index in [1.54, 1.807) is 12.1 Å². The number of benzene rings is 1. The van der Waals surface area contributed by atoms with Crippen LogP contribution in [-0.4, -0.2) is 28.6 Å². The summed E-state index contributed by atoms with van der Waals surface area (Å²) in [6.07, 6.45) is 2.51. The van der Waals surface area contributed by atoms with Crippen LogP contribution in [0.4, 0.5) is 5.69 Å². The predicted molar refractivity (Wildman–Crippen MR) is 73.2 cm³/mol. The van der Waals surface area contributed by atoms with Crippen molar-refractivity contribution in [1.29, 1.82) is 0 Å². The zero-order valence-electron chi connectivity index (χ0n) is 11.1. The first-order chi connectivity index (χ1) is 9.56. The van der Waals surface area contributed by atoms with E-state index in [1.165, 1.54) is 12.1 Å². The van der Waals surface area contributed by atoms with Gasteiger partial charge in [-0.3, -0.25) is 14.9 Å². The normalized spacial score (nSPS) is 21.6. The molecular formula is C14H18N2O4. The smallest absolute Gasteiger partial charge is 0.269 e. The Morgan fingerprint density at radius 3 is 2.90 bits per heavy atom. The summed E-state index contributed by atoms with van der Waals surface area (Å²) in [7, 11) is 0. The number of amides is 1. The predicted octanol–water partition coefficient (Wildman–Crippen LogP) is 1.41. The lowest BCUT2D eigenvalue weighted by molar-refractivity contribution is -0.384. The molecule has 1 amide bonds. The molecule has 1 aromatic carbocycles. The maximum Gasteiger partial charge on any atom is 0.269 e. The Hall–Kier alpha value is -1.95. The number of carbonyl (C=O) groups excluding carboxylic acids is 1. The van der Waals surface area contributed by atoms with Gasteiger partial charge < -0.3 is 10.4 Å². The van der Waals surface area contributed by atoms with Crippen molar-refractivity contribution in [2.75, 3.05) is 6.54 Å². The lowest BCUT2D eigenvalue weighted by Crippen LogP contribution is -2.33. The summed E-state index contributed by atoms with van der Waals surface area (Å²) in [5, 5.41) is 23.1. The van der Waals surface area contributed by atoms with Crippen LogP contribution in [0.5, 0.6) is 0 Å². The Morgan fingerprint density at radius 1 is 1.45 bits per heavy atom. The van der Waals surface area contributed by atoms with Crippen LogP contribution in [0.2, 0.25) is 0 Å². The summed E-state index contributed by atoms with van der Waals surface area (Å²) >= 11 is 0. The highest BCUT2D eigenvalue weighted by atomic mass is 16.6. The highest BCUT2D eigenvalue weighted by molar-refractivity contribution is 5.78. The van der Waals surface area contributed by atoms with Crippen molar-refractivity contribution in [3.63, 3.8) is 0 Å². The first-order valence-corrected chi connectivity index (χ1v) is 6.74. The molecule has 1 aliphatic carbocycles. The van der Waals surface area contributed by atoms with Gasteiger partial charge in [-0.1, -0.05) is 18.6 Å².